The van der Waals surface area contributed by atoms with E-state index < -0.39 is 0 Å². The highest BCUT2D eigenvalue weighted by Crippen LogP contribution is 2.24. The van der Waals surface area contributed by atoms with Crippen molar-refractivity contribution in [2.45, 2.75) is 25.8 Å². The summed E-state index contributed by atoms with van der Waals surface area (Å²) in [6.07, 6.45) is 2.98. The van der Waals surface area contributed by atoms with Crippen molar-refractivity contribution in [3.8, 4) is 0 Å². The Labute approximate surface area is 134 Å². The van der Waals surface area contributed by atoms with E-state index >= 15 is 0 Å². The predicted octanol–water partition coefficient (Wildman–Crippen LogP) is 4.60. The van der Waals surface area contributed by atoms with Crippen LogP contribution in [0.1, 0.15) is 22.6 Å². The molecule has 0 aliphatic rings. The maximum atomic E-state index is 6.03. The van der Waals surface area contributed by atoms with Gasteiger partial charge in [0.25, 0.3) is 0 Å². The number of hydrogen-bond acceptors (Lipinski definition) is 3. The number of fused-ring (bicyclic) bond motifs is 1. The molecule has 0 spiro atoms. The van der Waals surface area contributed by atoms with E-state index in [0.717, 1.165) is 39.3 Å². The Kier molecular flexibility index (Phi) is 4.10. The highest BCUT2D eigenvalue weighted by molar-refractivity contribution is 9.10. The summed E-state index contributed by atoms with van der Waals surface area (Å²) in [6, 6.07) is 6.11. The summed E-state index contributed by atoms with van der Waals surface area (Å²) < 4.78 is 3.17. The summed E-state index contributed by atoms with van der Waals surface area (Å²) in [6.45, 7) is 2.87. The van der Waals surface area contributed by atoms with E-state index in [1.54, 1.807) is 11.3 Å². The van der Waals surface area contributed by atoms with Gasteiger partial charge in [-0.2, -0.15) is 0 Å². The lowest BCUT2D eigenvalue weighted by molar-refractivity contribution is 0.773. The van der Waals surface area contributed by atoms with Gasteiger partial charge in [0.05, 0.1) is 23.5 Å². The molecule has 104 valence electrons. The Bertz CT molecular complexity index is 750. The molecule has 3 aromatic rings. The van der Waals surface area contributed by atoms with Gasteiger partial charge in [0.2, 0.25) is 0 Å². The number of aromatic nitrogens is 3. The number of alkyl halides is 1. The number of halogens is 2. The standard InChI is InChI=1S/C14H13BrClN3S/c1-2-10-7-17-14(20-10)8-19-12-4-3-9(15)5-11(12)18-13(19)6-16/h3-5,7H,2,6,8H2,1H3. The summed E-state index contributed by atoms with van der Waals surface area (Å²) in [4.78, 5) is 10.4. The summed E-state index contributed by atoms with van der Waals surface area (Å²) in [5, 5.41) is 1.09. The molecule has 0 saturated heterocycles. The molecular formula is C14H13BrClN3S. The Morgan fingerprint density at radius 2 is 2.25 bits per heavy atom. The van der Waals surface area contributed by atoms with Crippen molar-refractivity contribution < 1.29 is 0 Å². The molecule has 0 radical (unpaired) electrons. The van der Waals surface area contributed by atoms with E-state index in [4.69, 9.17) is 11.6 Å². The number of hydrogen-bond donors (Lipinski definition) is 0. The largest absolute Gasteiger partial charge is 0.320 e. The van der Waals surface area contributed by atoms with Crippen molar-refractivity contribution in [3.05, 3.63) is 44.6 Å². The molecule has 0 fully saturated rings. The monoisotopic (exact) mass is 369 g/mol. The summed E-state index contributed by atoms with van der Waals surface area (Å²) >= 11 is 11.3. The van der Waals surface area contributed by atoms with Gasteiger partial charge in [-0.05, 0) is 24.6 Å². The van der Waals surface area contributed by atoms with Crippen LogP contribution in [-0.2, 0) is 18.8 Å². The van der Waals surface area contributed by atoms with Crippen LogP contribution in [0.15, 0.2) is 28.9 Å². The van der Waals surface area contributed by atoms with Crippen LogP contribution in [0.5, 0.6) is 0 Å². The van der Waals surface area contributed by atoms with Gasteiger partial charge in [-0.3, -0.25) is 0 Å². The molecule has 3 nitrogen and oxygen atoms in total. The lowest BCUT2D eigenvalue weighted by atomic mass is 10.3. The maximum absolute atomic E-state index is 6.03. The molecule has 0 bridgehead atoms. The molecule has 0 amide bonds. The van der Waals surface area contributed by atoms with Crippen molar-refractivity contribution >= 4 is 49.9 Å². The van der Waals surface area contributed by atoms with Gasteiger partial charge in [-0.15, -0.1) is 22.9 Å². The first-order valence-corrected chi connectivity index (χ1v) is 8.50. The first-order valence-electron chi connectivity index (χ1n) is 6.35. The lowest BCUT2D eigenvalue weighted by Crippen LogP contribution is -2.03. The van der Waals surface area contributed by atoms with Gasteiger partial charge in [-0.25, -0.2) is 9.97 Å². The third-order valence-electron chi connectivity index (χ3n) is 3.15. The highest BCUT2D eigenvalue weighted by atomic mass is 79.9. The number of aryl methyl sites for hydroxylation is 1. The van der Waals surface area contributed by atoms with E-state index in [0.29, 0.717) is 5.88 Å². The zero-order valence-electron chi connectivity index (χ0n) is 10.9. The minimum absolute atomic E-state index is 0.401. The molecule has 0 unspecified atom stereocenters. The fraction of sp³-hybridized carbons (Fsp3) is 0.286. The van der Waals surface area contributed by atoms with Gasteiger partial charge in [-0.1, -0.05) is 22.9 Å². The van der Waals surface area contributed by atoms with Crippen LogP contribution in [-0.4, -0.2) is 14.5 Å². The van der Waals surface area contributed by atoms with E-state index in [1.807, 2.05) is 18.3 Å². The molecule has 0 aliphatic carbocycles. The Morgan fingerprint density at radius 3 is 2.95 bits per heavy atom. The molecule has 20 heavy (non-hydrogen) atoms. The molecule has 0 N–H and O–H groups in total. The first-order chi connectivity index (χ1) is 9.71. The van der Waals surface area contributed by atoms with Crippen molar-refractivity contribution in [1.82, 2.24) is 14.5 Å². The molecule has 0 aliphatic heterocycles. The molecule has 6 heteroatoms. The fourth-order valence-electron chi connectivity index (χ4n) is 2.15. The van der Waals surface area contributed by atoms with Crippen molar-refractivity contribution in [2.75, 3.05) is 0 Å². The third-order valence-corrected chi connectivity index (χ3v) is 5.01. The minimum atomic E-state index is 0.401. The van der Waals surface area contributed by atoms with Gasteiger partial charge in [0.15, 0.2) is 0 Å². The molecule has 2 aromatic heterocycles. The Morgan fingerprint density at radius 1 is 1.40 bits per heavy atom. The number of imidazole rings is 1. The topological polar surface area (TPSA) is 30.7 Å². The average Bonchev–Trinajstić information content (AvgIpc) is 3.03. The van der Waals surface area contributed by atoms with Crippen LogP contribution in [0.3, 0.4) is 0 Å². The number of rotatable bonds is 4. The zero-order valence-corrected chi connectivity index (χ0v) is 14.1. The van der Waals surface area contributed by atoms with Gasteiger partial charge in [0, 0.05) is 15.5 Å². The summed E-state index contributed by atoms with van der Waals surface area (Å²) in [5.74, 6) is 1.28. The average molecular weight is 371 g/mol. The van der Waals surface area contributed by atoms with Gasteiger partial charge >= 0.3 is 0 Å². The third kappa shape index (κ3) is 2.62. The SMILES string of the molecule is CCc1cnc(Cn2c(CCl)nc3cc(Br)ccc32)s1. The molecular weight excluding hydrogens is 358 g/mol. The second-order valence-electron chi connectivity index (χ2n) is 4.45. The van der Waals surface area contributed by atoms with E-state index in [9.17, 15) is 0 Å². The van der Waals surface area contributed by atoms with Crippen LogP contribution in [0.4, 0.5) is 0 Å². The maximum Gasteiger partial charge on any atom is 0.125 e. The van der Waals surface area contributed by atoms with Crippen LogP contribution in [0.25, 0.3) is 11.0 Å². The highest BCUT2D eigenvalue weighted by Gasteiger charge is 2.12. The van der Waals surface area contributed by atoms with E-state index in [1.165, 1.54) is 4.88 Å². The van der Waals surface area contributed by atoms with Crippen LogP contribution in [0, 0.1) is 0 Å². The van der Waals surface area contributed by atoms with Crippen LogP contribution < -0.4 is 0 Å². The lowest BCUT2D eigenvalue weighted by Gasteiger charge is -2.05. The first kappa shape index (κ1) is 14.0. The molecule has 2 heterocycles. The Balaban J connectivity index is 2.04. The second-order valence-corrected chi connectivity index (χ2v) is 6.84. The van der Waals surface area contributed by atoms with Gasteiger partial charge < -0.3 is 4.57 Å². The number of benzene rings is 1. The van der Waals surface area contributed by atoms with Crippen LogP contribution in [0.2, 0.25) is 0 Å². The molecule has 3 rings (SSSR count). The number of thiazole rings is 1. The molecule has 0 atom stereocenters. The van der Waals surface area contributed by atoms with E-state index in [-0.39, 0.29) is 0 Å². The van der Waals surface area contributed by atoms with Crippen molar-refractivity contribution in [3.63, 3.8) is 0 Å². The minimum Gasteiger partial charge on any atom is -0.320 e. The predicted molar refractivity (Wildman–Crippen MR) is 87.6 cm³/mol. The van der Waals surface area contributed by atoms with Crippen molar-refractivity contribution in [1.29, 1.82) is 0 Å². The van der Waals surface area contributed by atoms with Gasteiger partial charge in [0.1, 0.15) is 10.8 Å². The molecule has 0 saturated carbocycles. The van der Waals surface area contributed by atoms with Crippen LogP contribution >= 0.6 is 38.9 Å². The zero-order chi connectivity index (χ0) is 14.1. The normalized spacial score (nSPS) is 11.3. The summed E-state index contributed by atoms with van der Waals surface area (Å²) in [5.41, 5.74) is 2.05. The van der Waals surface area contributed by atoms with E-state index in [2.05, 4.69) is 43.5 Å². The second kappa shape index (κ2) is 5.84. The van der Waals surface area contributed by atoms with Crippen molar-refractivity contribution in [2.24, 2.45) is 0 Å². The number of nitrogens with zero attached hydrogens (tertiary/aromatic N) is 3. The summed E-state index contributed by atoms with van der Waals surface area (Å²) in [7, 11) is 0. The Hall–Kier alpha value is -0.910. The molecule has 1 aromatic carbocycles. The quantitative estimate of drug-likeness (QED) is 0.628. The smallest absolute Gasteiger partial charge is 0.125 e. The fourth-order valence-corrected chi connectivity index (χ4v) is 3.56.